The Labute approximate surface area is 92.9 Å². The number of methoxy groups -OCH3 is 1. The number of rotatable bonds is 2. The van der Waals surface area contributed by atoms with Gasteiger partial charge in [0.25, 0.3) is 0 Å². The molecule has 1 aliphatic rings. The van der Waals surface area contributed by atoms with Gasteiger partial charge < -0.3 is 9.64 Å². The molecule has 82 valence electrons. The highest BCUT2D eigenvalue weighted by Crippen LogP contribution is 2.26. The first kappa shape index (κ1) is 10.4. The molecule has 0 aromatic carbocycles. The van der Waals surface area contributed by atoms with E-state index in [4.69, 9.17) is 4.74 Å². The number of ether oxygens (including phenoxy) is 1. The summed E-state index contributed by atoms with van der Waals surface area (Å²) in [5, 5.41) is 1.19. The van der Waals surface area contributed by atoms with Crippen LogP contribution in [0.25, 0.3) is 0 Å². The zero-order valence-corrected chi connectivity index (χ0v) is 9.50. The number of aromatic nitrogens is 1. The van der Waals surface area contributed by atoms with Crippen molar-refractivity contribution in [1.29, 1.82) is 0 Å². The lowest BCUT2D eigenvalue weighted by molar-refractivity contribution is -0.146. The Morgan fingerprint density at radius 2 is 2.33 bits per heavy atom. The molecule has 5 heteroatoms. The second-order valence-corrected chi connectivity index (χ2v) is 4.49. The molecule has 0 radical (unpaired) electrons. The minimum atomic E-state index is -0.0704. The first-order chi connectivity index (χ1) is 7.31. The van der Waals surface area contributed by atoms with E-state index in [0.29, 0.717) is 0 Å². The van der Waals surface area contributed by atoms with Gasteiger partial charge in [0.15, 0.2) is 0 Å². The number of hydrogen-bond acceptors (Lipinski definition) is 5. The molecule has 0 saturated carbocycles. The van der Waals surface area contributed by atoms with Crippen molar-refractivity contribution in [2.45, 2.75) is 12.8 Å². The smallest absolute Gasteiger partial charge is 0.308 e. The molecule has 0 N–H and O–H groups in total. The SMILES string of the molecule is COC(=O)C1CCN(c2cncs2)CC1. The van der Waals surface area contributed by atoms with Crippen LogP contribution >= 0.6 is 11.3 Å². The predicted molar refractivity (Wildman–Crippen MR) is 59.1 cm³/mol. The molecule has 4 nitrogen and oxygen atoms in total. The molecule has 1 fully saturated rings. The van der Waals surface area contributed by atoms with Crippen molar-refractivity contribution >= 4 is 22.3 Å². The van der Waals surface area contributed by atoms with Crippen molar-refractivity contribution in [2.75, 3.05) is 25.1 Å². The second-order valence-electron chi connectivity index (χ2n) is 3.62. The topological polar surface area (TPSA) is 42.4 Å². The lowest BCUT2D eigenvalue weighted by atomic mass is 9.97. The van der Waals surface area contributed by atoms with E-state index in [9.17, 15) is 4.79 Å². The lowest BCUT2D eigenvalue weighted by Crippen LogP contribution is -2.36. The van der Waals surface area contributed by atoms with Crippen LogP contribution in [0.4, 0.5) is 5.00 Å². The predicted octanol–water partition coefficient (Wildman–Crippen LogP) is 1.53. The first-order valence-corrected chi connectivity index (χ1v) is 5.90. The van der Waals surface area contributed by atoms with E-state index in [1.165, 1.54) is 12.1 Å². The summed E-state index contributed by atoms with van der Waals surface area (Å²) >= 11 is 1.64. The molecular formula is C10H14N2O2S. The van der Waals surface area contributed by atoms with Crippen LogP contribution < -0.4 is 4.90 Å². The van der Waals surface area contributed by atoms with Crippen LogP contribution in [0.15, 0.2) is 11.7 Å². The molecule has 1 saturated heterocycles. The number of thiazole rings is 1. The van der Waals surface area contributed by atoms with Crippen molar-refractivity contribution in [2.24, 2.45) is 5.92 Å². The fourth-order valence-corrected chi connectivity index (χ4v) is 2.55. The van der Waals surface area contributed by atoms with Gasteiger partial charge in [0.05, 0.1) is 24.7 Å². The number of hydrogen-bond donors (Lipinski definition) is 0. The second kappa shape index (κ2) is 4.61. The molecular weight excluding hydrogens is 212 g/mol. The Balaban J connectivity index is 1.90. The van der Waals surface area contributed by atoms with Crippen molar-refractivity contribution in [1.82, 2.24) is 4.98 Å². The lowest BCUT2D eigenvalue weighted by Gasteiger charge is -2.30. The van der Waals surface area contributed by atoms with E-state index in [0.717, 1.165) is 25.9 Å². The largest absolute Gasteiger partial charge is 0.469 e. The minimum Gasteiger partial charge on any atom is -0.469 e. The highest BCUT2D eigenvalue weighted by Gasteiger charge is 2.25. The summed E-state index contributed by atoms with van der Waals surface area (Å²) in [6.07, 6.45) is 3.64. The summed E-state index contributed by atoms with van der Waals surface area (Å²) < 4.78 is 4.75. The summed E-state index contributed by atoms with van der Waals surface area (Å²) in [6.45, 7) is 1.84. The van der Waals surface area contributed by atoms with Crippen molar-refractivity contribution in [3.63, 3.8) is 0 Å². The van der Waals surface area contributed by atoms with Crippen molar-refractivity contribution in [3.8, 4) is 0 Å². The Morgan fingerprint density at radius 3 is 2.87 bits per heavy atom. The summed E-state index contributed by atoms with van der Waals surface area (Å²) in [6, 6.07) is 0. The molecule has 1 aromatic heterocycles. The van der Waals surface area contributed by atoms with Crippen LogP contribution in [0, 0.1) is 5.92 Å². The van der Waals surface area contributed by atoms with Crippen LogP contribution in [0.5, 0.6) is 0 Å². The molecule has 0 atom stereocenters. The summed E-state index contributed by atoms with van der Waals surface area (Å²) in [5.41, 5.74) is 1.84. The Kier molecular flexibility index (Phi) is 3.20. The van der Waals surface area contributed by atoms with E-state index in [1.807, 2.05) is 11.7 Å². The van der Waals surface area contributed by atoms with Gasteiger partial charge in [0.2, 0.25) is 0 Å². The molecule has 2 heterocycles. The zero-order valence-electron chi connectivity index (χ0n) is 8.68. The number of esters is 1. The maximum atomic E-state index is 11.3. The van der Waals surface area contributed by atoms with E-state index in [2.05, 4.69) is 9.88 Å². The van der Waals surface area contributed by atoms with Gasteiger partial charge >= 0.3 is 5.97 Å². The zero-order chi connectivity index (χ0) is 10.7. The molecule has 1 aromatic rings. The molecule has 0 spiro atoms. The fraction of sp³-hybridized carbons (Fsp3) is 0.600. The van der Waals surface area contributed by atoms with Gasteiger partial charge in [-0.25, -0.2) is 0 Å². The minimum absolute atomic E-state index is 0.0704. The van der Waals surface area contributed by atoms with E-state index in [-0.39, 0.29) is 11.9 Å². The number of carbonyl (C=O) groups is 1. The summed E-state index contributed by atoms with van der Waals surface area (Å²) in [5.74, 6) is 0.0122. The molecule has 1 aliphatic heterocycles. The van der Waals surface area contributed by atoms with Crippen molar-refractivity contribution in [3.05, 3.63) is 11.7 Å². The van der Waals surface area contributed by atoms with Crippen LogP contribution in [-0.2, 0) is 9.53 Å². The fourth-order valence-electron chi connectivity index (χ4n) is 1.87. The van der Waals surface area contributed by atoms with Crippen molar-refractivity contribution < 1.29 is 9.53 Å². The Bertz CT molecular complexity index is 318. The third kappa shape index (κ3) is 2.28. The van der Waals surface area contributed by atoms with Crippen LogP contribution in [0.3, 0.4) is 0 Å². The Hall–Kier alpha value is -1.10. The molecule has 0 bridgehead atoms. The van der Waals surface area contributed by atoms with Crippen LogP contribution in [-0.4, -0.2) is 31.2 Å². The Morgan fingerprint density at radius 1 is 1.60 bits per heavy atom. The summed E-state index contributed by atoms with van der Waals surface area (Å²) in [7, 11) is 1.46. The quantitative estimate of drug-likeness (QED) is 0.717. The van der Waals surface area contributed by atoms with Gasteiger partial charge in [-0.3, -0.25) is 9.78 Å². The first-order valence-electron chi connectivity index (χ1n) is 5.02. The van der Waals surface area contributed by atoms with Gasteiger partial charge in [0, 0.05) is 13.1 Å². The van der Waals surface area contributed by atoms with Crippen LogP contribution in [0.2, 0.25) is 0 Å². The molecule has 0 aliphatic carbocycles. The van der Waals surface area contributed by atoms with Crippen LogP contribution in [0.1, 0.15) is 12.8 Å². The molecule has 0 amide bonds. The number of carbonyl (C=O) groups excluding carboxylic acids is 1. The third-order valence-electron chi connectivity index (χ3n) is 2.76. The highest BCUT2D eigenvalue weighted by atomic mass is 32.1. The monoisotopic (exact) mass is 226 g/mol. The average molecular weight is 226 g/mol. The van der Waals surface area contributed by atoms with Gasteiger partial charge in [-0.2, -0.15) is 0 Å². The van der Waals surface area contributed by atoms with Gasteiger partial charge in [0.1, 0.15) is 5.00 Å². The standard InChI is InChI=1S/C10H14N2O2S/c1-14-10(13)8-2-4-12(5-3-8)9-6-11-7-15-9/h6-8H,2-5H2,1H3. The highest BCUT2D eigenvalue weighted by molar-refractivity contribution is 7.13. The molecule has 2 rings (SSSR count). The van der Waals surface area contributed by atoms with Gasteiger partial charge in [-0.15, -0.1) is 11.3 Å². The molecule has 15 heavy (non-hydrogen) atoms. The number of nitrogens with zero attached hydrogens (tertiary/aromatic N) is 2. The normalized spacial score (nSPS) is 17.8. The average Bonchev–Trinajstić information content (AvgIpc) is 2.82. The maximum Gasteiger partial charge on any atom is 0.308 e. The van der Waals surface area contributed by atoms with Gasteiger partial charge in [-0.05, 0) is 12.8 Å². The van der Waals surface area contributed by atoms with Gasteiger partial charge in [-0.1, -0.05) is 0 Å². The third-order valence-corrected chi connectivity index (χ3v) is 3.59. The van der Waals surface area contributed by atoms with E-state index < -0.39 is 0 Å². The maximum absolute atomic E-state index is 11.3. The summed E-state index contributed by atoms with van der Waals surface area (Å²) in [4.78, 5) is 17.6. The molecule has 0 unspecified atom stereocenters. The number of anilines is 1. The number of piperidine rings is 1. The van der Waals surface area contributed by atoms with E-state index >= 15 is 0 Å². The van der Waals surface area contributed by atoms with E-state index in [1.54, 1.807) is 11.3 Å².